The van der Waals surface area contributed by atoms with Crippen LogP contribution in [0.15, 0.2) is 4.42 Å². The van der Waals surface area contributed by atoms with Crippen molar-refractivity contribution in [2.24, 2.45) is 5.92 Å². The van der Waals surface area contributed by atoms with Gasteiger partial charge in [-0.1, -0.05) is 6.42 Å². The van der Waals surface area contributed by atoms with Crippen LogP contribution >= 0.6 is 0 Å². The fourth-order valence-corrected chi connectivity index (χ4v) is 4.14. The lowest BCUT2D eigenvalue weighted by molar-refractivity contribution is -0.183. The fourth-order valence-electron chi connectivity index (χ4n) is 3.33. The molecular formula is C14H20F3N3O4S. The van der Waals surface area contributed by atoms with Gasteiger partial charge >= 0.3 is 6.18 Å². The number of ether oxygens (including phenoxy) is 1. The summed E-state index contributed by atoms with van der Waals surface area (Å²) < 4.78 is 74.4. The second kappa shape index (κ2) is 6.84. The van der Waals surface area contributed by atoms with Gasteiger partial charge in [-0.25, -0.2) is 8.42 Å². The van der Waals surface area contributed by atoms with Crippen molar-refractivity contribution in [1.29, 1.82) is 0 Å². The number of aromatic nitrogens is 2. The summed E-state index contributed by atoms with van der Waals surface area (Å²) in [6.07, 6.45) is -2.74. The van der Waals surface area contributed by atoms with Crippen molar-refractivity contribution in [3.05, 3.63) is 11.8 Å². The molecule has 3 atom stereocenters. The van der Waals surface area contributed by atoms with Crippen molar-refractivity contribution in [3.63, 3.8) is 0 Å². The Labute approximate surface area is 143 Å². The molecule has 3 rings (SSSR count). The van der Waals surface area contributed by atoms with Gasteiger partial charge in [0.25, 0.3) is 0 Å². The van der Waals surface area contributed by atoms with Crippen molar-refractivity contribution >= 4 is 10.0 Å². The van der Waals surface area contributed by atoms with Crippen molar-refractivity contribution in [2.75, 3.05) is 26.0 Å². The van der Waals surface area contributed by atoms with Crippen LogP contribution in [0.25, 0.3) is 0 Å². The average molecular weight is 383 g/mol. The average Bonchev–Trinajstić information content (AvgIpc) is 3.04. The first-order chi connectivity index (χ1) is 11.6. The SMILES string of the molecule is CS(=O)(=O)N1CCOC(c2nnc(C3CCCC(C(F)(F)F)C3)o2)C1. The van der Waals surface area contributed by atoms with E-state index < -0.39 is 34.1 Å². The highest BCUT2D eigenvalue weighted by Crippen LogP contribution is 2.43. The van der Waals surface area contributed by atoms with Gasteiger partial charge in [-0.15, -0.1) is 10.2 Å². The molecule has 1 aromatic heterocycles. The predicted octanol–water partition coefficient (Wildman–Crippen LogP) is 2.24. The zero-order valence-electron chi connectivity index (χ0n) is 13.7. The second-order valence-corrected chi connectivity index (χ2v) is 8.54. The third kappa shape index (κ3) is 4.32. The van der Waals surface area contributed by atoms with E-state index in [0.717, 1.165) is 6.26 Å². The molecule has 25 heavy (non-hydrogen) atoms. The molecule has 7 nitrogen and oxygen atoms in total. The van der Waals surface area contributed by atoms with Gasteiger partial charge in [0.15, 0.2) is 0 Å². The topological polar surface area (TPSA) is 85.5 Å². The molecule has 142 valence electrons. The van der Waals surface area contributed by atoms with Crippen LogP contribution in [0.4, 0.5) is 13.2 Å². The Morgan fingerprint density at radius 3 is 2.60 bits per heavy atom. The Kier molecular flexibility index (Phi) is 5.09. The summed E-state index contributed by atoms with van der Waals surface area (Å²) in [5, 5.41) is 7.76. The first kappa shape index (κ1) is 18.6. The van der Waals surface area contributed by atoms with Crippen LogP contribution in [0, 0.1) is 5.92 Å². The summed E-state index contributed by atoms with van der Waals surface area (Å²) in [5.74, 6) is -1.51. The molecule has 2 fully saturated rings. The van der Waals surface area contributed by atoms with E-state index in [2.05, 4.69) is 10.2 Å². The maximum absolute atomic E-state index is 12.9. The maximum atomic E-state index is 12.9. The Morgan fingerprint density at radius 2 is 1.92 bits per heavy atom. The van der Waals surface area contributed by atoms with E-state index in [1.54, 1.807) is 0 Å². The summed E-state index contributed by atoms with van der Waals surface area (Å²) in [4.78, 5) is 0. The molecule has 1 aliphatic carbocycles. The molecule has 2 aliphatic rings. The van der Waals surface area contributed by atoms with Gasteiger partial charge in [0.1, 0.15) is 6.10 Å². The molecule has 1 aromatic rings. The number of rotatable bonds is 3. The lowest BCUT2D eigenvalue weighted by Crippen LogP contribution is -2.41. The van der Waals surface area contributed by atoms with Crippen LogP contribution in [-0.2, 0) is 14.8 Å². The lowest BCUT2D eigenvalue weighted by atomic mass is 9.81. The smallest absolute Gasteiger partial charge is 0.391 e. The molecule has 1 saturated heterocycles. The van der Waals surface area contributed by atoms with Crippen LogP contribution in [-0.4, -0.2) is 55.0 Å². The van der Waals surface area contributed by atoms with Crippen LogP contribution in [0.5, 0.6) is 0 Å². The van der Waals surface area contributed by atoms with E-state index in [1.807, 2.05) is 0 Å². The van der Waals surface area contributed by atoms with Crippen molar-refractivity contribution in [1.82, 2.24) is 14.5 Å². The quantitative estimate of drug-likeness (QED) is 0.796. The molecule has 0 amide bonds. The van der Waals surface area contributed by atoms with Gasteiger partial charge in [-0.3, -0.25) is 0 Å². The van der Waals surface area contributed by atoms with Gasteiger partial charge in [-0.2, -0.15) is 17.5 Å². The number of morpholine rings is 1. The van der Waals surface area contributed by atoms with Crippen LogP contribution < -0.4 is 0 Å². The summed E-state index contributed by atoms with van der Waals surface area (Å²) >= 11 is 0. The summed E-state index contributed by atoms with van der Waals surface area (Å²) in [5.41, 5.74) is 0. The van der Waals surface area contributed by atoms with Crippen molar-refractivity contribution in [2.45, 2.75) is 43.9 Å². The zero-order chi connectivity index (χ0) is 18.2. The molecule has 0 radical (unpaired) electrons. The Bertz CT molecular complexity index is 706. The minimum absolute atomic E-state index is 0.0519. The van der Waals surface area contributed by atoms with E-state index in [-0.39, 0.29) is 44.3 Å². The molecular weight excluding hydrogens is 363 g/mol. The van der Waals surface area contributed by atoms with E-state index in [4.69, 9.17) is 9.15 Å². The first-order valence-electron chi connectivity index (χ1n) is 8.11. The number of alkyl halides is 3. The molecule has 0 N–H and O–H groups in total. The minimum atomic E-state index is -4.22. The monoisotopic (exact) mass is 383 g/mol. The van der Waals surface area contributed by atoms with Gasteiger partial charge in [0.2, 0.25) is 21.8 Å². The molecule has 1 saturated carbocycles. The van der Waals surface area contributed by atoms with Gasteiger partial charge in [-0.05, 0) is 19.3 Å². The van der Waals surface area contributed by atoms with E-state index in [1.165, 1.54) is 4.31 Å². The zero-order valence-corrected chi connectivity index (χ0v) is 14.5. The van der Waals surface area contributed by atoms with E-state index >= 15 is 0 Å². The van der Waals surface area contributed by atoms with Gasteiger partial charge in [0.05, 0.1) is 18.8 Å². The third-order valence-electron chi connectivity index (χ3n) is 4.72. The highest BCUT2D eigenvalue weighted by Gasteiger charge is 2.43. The predicted molar refractivity (Wildman–Crippen MR) is 80.2 cm³/mol. The Morgan fingerprint density at radius 1 is 1.20 bits per heavy atom. The largest absolute Gasteiger partial charge is 0.422 e. The Hall–Kier alpha value is -1.20. The standard InChI is InChI=1S/C14H20F3N3O4S/c1-25(21,22)20-5-6-23-11(8-20)13-19-18-12(24-13)9-3-2-4-10(7-9)14(15,16)17/h9-11H,2-8H2,1H3. The first-order valence-corrected chi connectivity index (χ1v) is 9.96. The van der Waals surface area contributed by atoms with E-state index in [9.17, 15) is 21.6 Å². The molecule has 0 bridgehead atoms. The number of sulfonamides is 1. The van der Waals surface area contributed by atoms with Gasteiger partial charge < -0.3 is 9.15 Å². The normalized spacial score (nSPS) is 29.7. The van der Waals surface area contributed by atoms with E-state index in [0.29, 0.717) is 12.8 Å². The summed E-state index contributed by atoms with van der Waals surface area (Å²) in [7, 11) is -3.37. The lowest BCUT2D eigenvalue weighted by Gasteiger charge is -2.29. The van der Waals surface area contributed by atoms with Crippen molar-refractivity contribution in [3.8, 4) is 0 Å². The van der Waals surface area contributed by atoms with Crippen molar-refractivity contribution < 1.29 is 30.7 Å². The Balaban J connectivity index is 1.70. The maximum Gasteiger partial charge on any atom is 0.391 e. The summed E-state index contributed by atoms with van der Waals surface area (Å²) in [6, 6.07) is 0. The van der Waals surface area contributed by atoms with Crippen LogP contribution in [0.3, 0.4) is 0 Å². The minimum Gasteiger partial charge on any atom is -0.422 e. The number of nitrogens with zero attached hydrogens (tertiary/aromatic N) is 3. The molecule has 11 heteroatoms. The highest BCUT2D eigenvalue weighted by molar-refractivity contribution is 7.88. The van der Waals surface area contributed by atoms with Crippen LogP contribution in [0.1, 0.15) is 49.5 Å². The molecule has 0 spiro atoms. The second-order valence-electron chi connectivity index (χ2n) is 6.56. The highest BCUT2D eigenvalue weighted by atomic mass is 32.2. The van der Waals surface area contributed by atoms with Crippen LogP contribution in [0.2, 0.25) is 0 Å². The molecule has 1 aliphatic heterocycles. The number of hydrogen-bond acceptors (Lipinski definition) is 6. The van der Waals surface area contributed by atoms with Gasteiger partial charge in [0, 0.05) is 19.0 Å². The number of hydrogen-bond donors (Lipinski definition) is 0. The molecule has 2 heterocycles. The molecule has 3 unspecified atom stereocenters. The molecule has 0 aromatic carbocycles. The summed E-state index contributed by atoms with van der Waals surface area (Å²) in [6.45, 7) is 0.484. The third-order valence-corrected chi connectivity index (χ3v) is 5.99. The fraction of sp³-hybridized carbons (Fsp3) is 0.857. The number of halogens is 3.